The molecule has 0 radical (unpaired) electrons. The van der Waals surface area contributed by atoms with Crippen molar-refractivity contribution >= 4 is 18.1 Å². The Bertz CT molecular complexity index is 619. The van der Waals surface area contributed by atoms with Crippen LogP contribution in [0.5, 0.6) is 0 Å². The number of halogens is 1. The lowest BCUT2D eigenvalue weighted by Crippen LogP contribution is -2.14. The number of para-hydroxylation sites is 1. The summed E-state index contributed by atoms with van der Waals surface area (Å²) in [4.78, 5) is 0. The molecule has 106 valence electrons. The minimum atomic E-state index is -2.29. The van der Waals surface area contributed by atoms with E-state index in [1.165, 1.54) is 12.1 Å². The fraction of sp³-hybridized carbons (Fsp3) is 0.250. The molecule has 0 bridgehead atoms. The molecule has 4 heteroatoms. The van der Waals surface area contributed by atoms with Gasteiger partial charge in [0.2, 0.25) is 0 Å². The van der Waals surface area contributed by atoms with Gasteiger partial charge < -0.3 is 9.88 Å². The largest absolute Gasteiger partial charge is 0.384 e. The van der Waals surface area contributed by atoms with Gasteiger partial charge in [0.25, 0.3) is 0 Å². The van der Waals surface area contributed by atoms with Crippen LogP contribution < -0.4 is 10.6 Å². The minimum Gasteiger partial charge on any atom is -0.384 e. The average Bonchev–Trinajstić information content (AvgIpc) is 2.40. The van der Waals surface area contributed by atoms with Crippen molar-refractivity contribution in [3.63, 3.8) is 0 Å². The third-order valence-electron chi connectivity index (χ3n) is 3.13. The predicted octanol–water partition coefficient (Wildman–Crippen LogP) is 3.73. The Morgan fingerprint density at radius 1 is 1.05 bits per heavy atom. The summed E-state index contributed by atoms with van der Waals surface area (Å²) in [5.41, 5.74) is 2.00. The second kappa shape index (κ2) is 6.23. The van der Waals surface area contributed by atoms with Crippen LogP contribution in [0.1, 0.15) is 5.56 Å². The molecular formula is C16H19FNOP. The molecule has 0 aliphatic carbocycles. The Morgan fingerprint density at radius 3 is 2.35 bits per heavy atom. The zero-order chi connectivity index (χ0) is 14.6. The standard InChI is InChI=1S/C16H19FNOP/c1-20(2,19)16-6-4-3-5-15(16)18-12-11-13-7-9-14(17)10-8-13/h3-10,18H,11-12H2,1-2H3. The minimum absolute atomic E-state index is 0.218. The zero-order valence-corrected chi connectivity index (χ0v) is 12.7. The maximum atomic E-state index is 12.8. The summed E-state index contributed by atoms with van der Waals surface area (Å²) < 4.78 is 25.0. The Morgan fingerprint density at radius 2 is 1.70 bits per heavy atom. The van der Waals surface area contributed by atoms with Crippen molar-refractivity contribution in [2.75, 3.05) is 25.2 Å². The van der Waals surface area contributed by atoms with Crippen molar-refractivity contribution in [3.8, 4) is 0 Å². The summed E-state index contributed by atoms with van der Waals surface area (Å²) in [6, 6.07) is 14.2. The van der Waals surface area contributed by atoms with Crippen molar-refractivity contribution in [1.29, 1.82) is 0 Å². The molecule has 0 saturated carbocycles. The van der Waals surface area contributed by atoms with Crippen molar-refractivity contribution < 1.29 is 8.96 Å². The quantitative estimate of drug-likeness (QED) is 0.850. The molecule has 2 rings (SSSR count). The van der Waals surface area contributed by atoms with Gasteiger partial charge in [-0.3, -0.25) is 0 Å². The fourth-order valence-electron chi connectivity index (χ4n) is 2.09. The van der Waals surface area contributed by atoms with Crippen molar-refractivity contribution in [2.24, 2.45) is 0 Å². The molecule has 0 fully saturated rings. The molecule has 0 spiro atoms. The van der Waals surface area contributed by atoms with E-state index in [0.29, 0.717) is 0 Å². The topological polar surface area (TPSA) is 29.1 Å². The fourth-order valence-corrected chi connectivity index (χ4v) is 3.26. The highest BCUT2D eigenvalue weighted by Crippen LogP contribution is 2.37. The first-order valence-electron chi connectivity index (χ1n) is 6.60. The van der Waals surface area contributed by atoms with Crippen LogP contribution in [-0.4, -0.2) is 19.9 Å². The number of hydrogen-bond acceptors (Lipinski definition) is 2. The highest BCUT2D eigenvalue weighted by atomic mass is 31.2. The van der Waals surface area contributed by atoms with Gasteiger partial charge in [-0.2, -0.15) is 0 Å². The number of rotatable bonds is 5. The third-order valence-corrected chi connectivity index (χ3v) is 4.68. The Balaban J connectivity index is 2.01. The molecule has 0 heterocycles. The second-order valence-electron chi connectivity index (χ2n) is 5.17. The second-order valence-corrected chi connectivity index (χ2v) is 8.35. The summed E-state index contributed by atoms with van der Waals surface area (Å²) in [6.45, 7) is 4.27. The molecule has 0 aliphatic rings. The van der Waals surface area contributed by atoms with Gasteiger partial charge in [-0.1, -0.05) is 24.3 Å². The van der Waals surface area contributed by atoms with Crippen molar-refractivity contribution in [1.82, 2.24) is 0 Å². The molecular weight excluding hydrogens is 272 g/mol. The van der Waals surface area contributed by atoms with Crippen molar-refractivity contribution in [3.05, 3.63) is 59.9 Å². The summed E-state index contributed by atoms with van der Waals surface area (Å²) in [7, 11) is -2.29. The van der Waals surface area contributed by atoms with E-state index in [1.807, 2.05) is 24.3 Å². The molecule has 0 aliphatic heterocycles. The highest BCUT2D eigenvalue weighted by Gasteiger charge is 2.14. The van der Waals surface area contributed by atoms with Gasteiger partial charge in [0.05, 0.1) is 0 Å². The maximum Gasteiger partial charge on any atom is 0.123 e. The monoisotopic (exact) mass is 291 g/mol. The van der Waals surface area contributed by atoms with Crippen LogP contribution in [0.15, 0.2) is 48.5 Å². The number of hydrogen-bond donors (Lipinski definition) is 1. The van der Waals surface area contributed by atoms with Gasteiger partial charge in [-0.15, -0.1) is 0 Å². The first-order chi connectivity index (χ1) is 9.47. The van der Waals surface area contributed by atoms with Crippen LogP contribution in [-0.2, 0) is 11.0 Å². The molecule has 0 saturated heterocycles. The van der Waals surface area contributed by atoms with Crippen LogP contribution in [0.25, 0.3) is 0 Å². The van der Waals surface area contributed by atoms with Crippen LogP contribution >= 0.6 is 7.14 Å². The van der Waals surface area contributed by atoms with Crippen molar-refractivity contribution in [2.45, 2.75) is 6.42 Å². The van der Waals surface area contributed by atoms with Crippen LogP contribution in [0.3, 0.4) is 0 Å². The van der Waals surface area contributed by atoms with Gasteiger partial charge in [-0.25, -0.2) is 4.39 Å². The number of benzene rings is 2. The molecule has 2 aromatic carbocycles. The molecule has 0 amide bonds. The first kappa shape index (κ1) is 14.8. The van der Waals surface area contributed by atoms with E-state index >= 15 is 0 Å². The molecule has 0 aromatic heterocycles. The molecule has 20 heavy (non-hydrogen) atoms. The summed E-state index contributed by atoms with van der Waals surface area (Å²) >= 11 is 0. The Labute approximate surface area is 119 Å². The lowest BCUT2D eigenvalue weighted by molar-refractivity contribution is 0.588. The molecule has 0 unspecified atom stereocenters. The highest BCUT2D eigenvalue weighted by molar-refractivity contribution is 7.70. The van der Waals surface area contributed by atoms with Gasteiger partial charge in [-0.05, 0) is 49.6 Å². The number of anilines is 1. The van der Waals surface area contributed by atoms with Gasteiger partial charge in [0.1, 0.15) is 13.0 Å². The van der Waals surface area contributed by atoms with E-state index in [1.54, 1.807) is 25.5 Å². The van der Waals surface area contributed by atoms with E-state index in [9.17, 15) is 8.96 Å². The van der Waals surface area contributed by atoms with E-state index < -0.39 is 7.14 Å². The molecule has 0 atom stereocenters. The SMILES string of the molecule is CP(C)(=O)c1ccccc1NCCc1ccc(F)cc1. The summed E-state index contributed by atoms with van der Waals surface area (Å²) in [6.07, 6.45) is 0.798. The van der Waals surface area contributed by atoms with Gasteiger partial charge in [0, 0.05) is 17.5 Å². The van der Waals surface area contributed by atoms with Crippen LogP contribution in [0, 0.1) is 5.82 Å². The van der Waals surface area contributed by atoms with Crippen LogP contribution in [0.2, 0.25) is 0 Å². The Hall–Kier alpha value is -1.60. The normalized spacial score (nSPS) is 11.3. The van der Waals surface area contributed by atoms with E-state index in [2.05, 4.69) is 5.32 Å². The summed E-state index contributed by atoms with van der Waals surface area (Å²) in [5, 5.41) is 4.19. The third kappa shape index (κ3) is 3.94. The molecule has 2 nitrogen and oxygen atoms in total. The smallest absolute Gasteiger partial charge is 0.123 e. The molecule has 2 aromatic rings. The number of nitrogens with one attached hydrogen (secondary N) is 1. The lowest BCUT2D eigenvalue weighted by atomic mass is 10.1. The predicted molar refractivity (Wildman–Crippen MR) is 84.1 cm³/mol. The average molecular weight is 291 g/mol. The zero-order valence-electron chi connectivity index (χ0n) is 11.8. The lowest BCUT2D eigenvalue weighted by Gasteiger charge is -2.15. The van der Waals surface area contributed by atoms with E-state index in [4.69, 9.17) is 0 Å². The Kier molecular flexibility index (Phi) is 4.61. The summed E-state index contributed by atoms with van der Waals surface area (Å²) in [5.74, 6) is -0.218. The van der Waals surface area contributed by atoms with Gasteiger partial charge >= 0.3 is 0 Å². The van der Waals surface area contributed by atoms with Gasteiger partial charge in [0.15, 0.2) is 0 Å². The molecule has 1 N–H and O–H groups in total. The maximum absolute atomic E-state index is 12.8. The first-order valence-corrected chi connectivity index (χ1v) is 9.20. The van der Waals surface area contributed by atoms with E-state index in [0.717, 1.165) is 29.5 Å². The van der Waals surface area contributed by atoms with Crippen LogP contribution in [0.4, 0.5) is 10.1 Å². The van der Waals surface area contributed by atoms with E-state index in [-0.39, 0.29) is 5.82 Å².